The molecular formula is C26H24ClN3O5S. The van der Waals surface area contributed by atoms with E-state index in [2.05, 4.69) is 15.0 Å². The number of aliphatic carboxylic acids is 1. The van der Waals surface area contributed by atoms with Crippen molar-refractivity contribution in [2.24, 2.45) is 5.92 Å². The van der Waals surface area contributed by atoms with Crippen molar-refractivity contribution in [3.05, 3.63) is 59.6 Å². The molecule has 8 nitrogen and oxygen atoms in total. The molecule has 5 rings (SSSR count). The Morgan fingerprint density at radius 1 is 0.972 bits per heavy atom. The van der Waals surface area contributed by atoms with Gasteiger partial charge in [0.1, 0.15) is 6.10 Å². The monoisotopic (exact) mass is 525 g/mol. The summed E-state index contributed by atoms with van der Waals surface area (Å²) in [4.78, 5) is 23.6. The number of pyridine rings is 1. The van der Waals surface area contributed by atoms with Crippen molar-refractivity contribution >= 4 is 38.6 Å². The lowest BCUT2D eigenvalue weighted by Gasteiger charge is -2.25. The largest absolute Gasteiger partial charge is 0.481 e. The summed E-state index contributed by atoms with van der Waals surface area (Å²) in [7, 11) is -3.24. The molecule has 1 saturated carbocycles. The van der Waals surface area contributed by atoms with Crippen LogP contribution in [0, 0.1) is 5.92 Å². The molecule has 36 heavy (non-hydrogen) atoms. The molecule has 2 aromatic heterocycles. The maximum atomic E-state index is 11.7. The molecule has 2 heterocycles. The molecule has 10 heteroatoms. The number of imidazole rings is 1. The molecule has 4 aromatic rings. The smallest absolute Gasteiger partial charge is 0.306 e. The van der Waals surface area contributed by atoms with Gasteiger partial charge in [-0.1, -0.05) is 48.0 Å². The van der Waals surface area contributed by atoms with Crippen molar-refractivity contribution < 1.29 is 23.1 Å². The van der Waals surface area contributed by atoms with E-state index in [0.717, 1.165) is 16.7 Å². The van der Waals surface area contributed by atoms with E-state index >= 15 is 0 Å². The summed E-state index contributed by atoms with van der Waals surface area (Å²) < 4.78 is 29.3. The van der Waals surface area contributed by atoms with Gasteiger partial charge in [-0.2, -0.15) is 4.98 Å². The molecule has 0 unspecified atom stereocenters. The van der Waals surface area contributed by atoms with Gasteiger partial charge in [-0.25, -0.2) is 13.4 Å². The Kier molecular flexibility index (Phi) is 6.44. The molecule has 186 valence electrons. The van der Waals surface area contributed by atoms with Crippen LogP contribution in [0.2, 0.25) is 5.02 Å². The van der Waals surface area contributed by atoms with Crippen molar-refractivity contribution in [2.45, 2.75) is 36.7 Å². The number of nitrogens with zero attached hydrogens (tertiary/aromatic N) is 2. The number of H-pyrrole nitrogens is 1. The molecular weight excluding hydrogens is 502 g/mol. The summed E-state index contributed by atoms with van der Waals surface area (Å²) in [6.45, 7) is 0. The maximum Gasteiger partial charge on any atom is 0.306 e. The number of carboxylic acid groups (broad SMARTS) is 1. The van der Waals surface area contributed by atoms with Crippen LogP contribution < -0.4 is 4.74 Å². The quantitative estimate of drug-likeness (QED) is 0.347. The minimum absolute atomic E-state index is 0.0878. The molecule has 0 aliphatic heterocycles. The van der Waals surface area contributed by atoms with Gasteiger partial charge in [-0.15, -0.1) is 0 Å². The summed E-state index contributed by atoms with van der Waals surface area (Å²) >= 11 is 6.54. The number of aromatic nitrogens is 3. The lowest BCUT2D eigenvalue weighted by atomic mass is 9.87. The number of carbonyl (C=O) groups is 1. The Morgan fingerprint density at radius 2 is 1.56 bits per heavy atom. The Bertz CT molecular complexity index is 1520. The number of hydrogen-bond donors (Lipinski definition) is 2. The van der Waals surface area contributed by atoms with E-state index in [0.29, 0.717) is 53.6 Å². The van der Waals surface area contributed by atoms with Crippen LogP contribution in [-0.4, -0.2) is 46.8 Å². The third-order valence-corrected chi connectivity index (χ3v) is 7.90. The summed E-state index contributed by atoms with van der Waals surface area (Å²) in [5.41, 5.74) is 4.36. The van der Waals surface area contributed by atoms with Crippen LogP contribution in [0.5, 0.6) is 6.01 Å². The molecule has 0 amide bonds. The fourth-order valence-electron chi connectivity index (χ4n) is 4.45. The fraction of sp³-hybridized carbons (Fsp3) is 0.269. The number of carboxylic acids is 1. The van der Waals surface area contributed by atoms with Gasteiger partial charge < -0.3 is 14.8 Å². The van der Waals surface area contributed by atoms with Crippen LogP contribution in [0.15, 0.2) is 59.5 Å². The van der Waals surface area contributed by atoms with Crippen molar-refractivity contribution in [3.8, 4) is 28.4 Å². The third kappa shape index (κ3) is 5.08. The summed E-state index contributed by atoms with van der Waals surface area (Å²) in [6.07, 6.45) is 3.60. The number of halogens is 1. The summed E-state index contributed by atoms with van der Waals surface area (Å²) in [5.74, 6) is -1.05. The van der Waals surface area contributed by atoms with Crippen LogP contribution in [0.25, 0.3) is 33.5 Å². The fourth-order valence-corrected chi connectivity index (χ4v) is 5.35. The Balaban J connectivity index is 1.34. The molecule has 1 fully saturated rings. The highest BCUT2D eigenvalue weighted by Gasteiger charge is 2.27. The predicted molar refractivity (Wildman–Crippen MR) is 137 cm³/mol. The van der Waals surface area contributed by atoms with Crippen LogP contribution in [0.3, 0.4) is 0 Å². The number of hydrogen-bond acceptors (Lipinski definition) is 6. The number of fused-ring (bicyclic) bond motifs is 1. The van der Waals surface area contributed by atoms with E-state index in [1.807, 2.05) is 24.3 Å². The minimum atomic E-state index is -3.24. The average molecular weight is 526 g/mol. The molecule has 2 aromatic carbocycles. The van der Waals surface area contributed by atoms with Gasteiger partial charge in [0, 0.05) is 11.8 Å². The second-order valence-corrected chi connectivity index (χ2v) is 11.5. The van der Waals surface area contributed by atoms with Gasteiger partial charge in [0.2, 0.25) is 0 Å². The van der Waals surface area contributed by atoms with Gasteiger partial charge in [-0.05, 0) is 55.0 Å². The van der Waals surface area contributed by atoms with E-state index in [-0.39, 0.29) is 16.9 Å². The van der Waals surface area contributed by atoms with E-state index < -0.39 is 15.8 Å². The molecule has 0 radical (unpaired) electrons. The lowest BCUT2D eigenvalue weighted by molar-refractivity contribution is -0.143. The van der Waals surface area contributed by atoms with Crippen molar-refractivity contribution in [2.75, 3.05) is 6.26 Å². The highest BCUT2D eigenvalue weighted by molar-refractivity contribution is 7.90. The molecule has 2 N–H and O–H groups in total. The molecule has 0 saturated heterocycles. The van der Waals surface area contributed by atoms with Crippen LogP contribution in [-0.2, 0) is 14.6 Å². The number of rotatable bonds is 6. The molecule has 0 spiro atoms. The van der Waals surface area contributed by atoms with Gasteiger partial charge >= 0.3 is 5.97 Å². The molecule has 1 aliphatic carbocycles. The Morgan fingerprint density at radius 3 is 2.14 bits per heavy atom. The standard InChI is InChI=1S/C26H24ClN3O5S/c1-36(33,34)20-12-8-16(9-13-20)15-2-4-17(5-3-15)23-21(27)14-22-24(29-23)30-26(28-22)35-19-10-6-18(7-11-19)25(31)32/h2-5,8-9,12-14,18-19H,6-7,10-11H2,1H3,(H,31,32)(H,28,29,30)/t18-,19-. The van der Waals surface area contributed by atoms with Crippen molar-refractivity contribution in [1.82, 2.24) is 15.0 Å². The molecule has 0 atom stereocenters. The van der Waals surface area contributed by atoms with E-state index in [1.54, 1.807) is 30.3 Å². The average Bonchev–Trinajstić information content (AvgIpc) is 3.24. The van der Waals surface area contributed by atoms with Crippen molar-refractivity contribution in [3.63, 3.8) is 0 Å². The van der Waals surface area contributed by atoms with Gasteiger partial charge in [0.25, 0.3) is 6.01 Å². The number of aromatic amines is 1. The number of ether oxygens (including phenoxy) is 1. The second-order valence-electron chi connectivity index (χ2n) is 9.04. The highest BCUT2D eigenvalue weighted by atomic mass is 35.5. The first-order chi connectivity index (χ1) is 17.2. The Labute approximate surface area is 213 Å². The number of sulfone groups is 1. The third-order valence-electron chi connectivity index (χ3n) is 6.48. The minimum Gasteiger partial charge on any atom is -0.481 e. The topological polar surface area (TPSA) is 122 Å². The zero-order valence-corrected chi connectivity index (χ0v) is 21.0. The molecule has 1 aliphatic rings. The zero-order valence-electron chi connectivity index (χ0n) is 19.4. The van der Waals surface area contributed by atoms with E-state index in [4.69, 9.17) is 21.4 Å². The first-order valence-electron chi connectivity index (χ1n) is 11.5. The van der Waals surface area contributed by atoms with Gasteiger partial charge in [0.15, 0.2) is 15.5 Å². The Hall–Kier alpha value is -3.43. The lowest BCUT2D eigenvalue weighted by Crippen LogP contribution is -2.28. The van der Waals surface area contributed by atoms with Crippen LogP contribution in [0.4, 0.5) is 0 Å². The normalized spacial score (nSPS) is 18.3. The summed E-state index contributed by atoms with van der Waals surface area (Å²) in [6, 6.07) is 16.5. The van der Waals surface area contributed by atoms with E-state index in [9.17, 15) is 13.2 Å². The second kappa shape index (κ2) is 9.55. The first kappa shape index (κ1) is 24.3. The number of nitrogens with one attached hydrogen (secondary N) is 1. The summed E-state index contributed by atoms with van der Waals surface area (Å²) in [5, 5.41) is 9.63. The predicted octanol–water partition coefficient (Wildman–Crippen LogP) is 5.37. The zero-order chi connectivity index (χ0) is 25.4. The van der Waals surface area contributed by atoms with Gasteiger partial charge in [0.05, 0.1) is 27.0 Å². The van der Waals surface area contributed by atoms with E-state index in [1.165, 1.54) is 6.26 Å². The first-order valence-corrected chi connectivity index (χ1v) is 13.8. The van der Waals surface area contributed by atoms with Crippen molar-refractivity contribution in [1.29, 1.82) is 0 Å². The molecule has 0 bridgehead atoms. The highest BCUT2D eigenvalue weighted by Crippen LogP contribution is 2.32. The van der Waals surface area contributed by atoms with Gasteiger partial charge in [-0.3, -0.25) is 4.79 Å². The van der Waals surface area contributed by atoms with Crippen LogP contribution in [0.1, 0.15) is 25.7 Å². The maximum absolute atomic E-state index is 11.7. The number of benzene rings is 2. The van der Waals surface area contributed by atoms with Crippen LogP contribution >= 0.6 is 11.6 Å². The SMILES string of the molecule is CS(=O)(=O)c1ccc(-c2ccc(-c3nc4nc(O[C@H]5CC[C@H](C(=O)O)CC5)[nH]c4cc3Cl)cc2)cc1.